The standard InChI is InChI=1S/C21H29N7O/c1-13(2)18-12-24-28-19(18)26-20(25-16-6-8-17(29)9-7-16)27-21(28)23-11-14-4-3-5-15(22)10-14/h3-5,10,12-13,16-17,29H,6-9,11,22H2,1-2H3,(H2,23,25,26,27)/t16-,17-. The zero-order valence-corrected chi connectivity index (χ0v) is 17.0. The van der Waals surface area contributed by atoms with Gasteiger partial charge < -0.3 is 21.5 Å². The highest BCUT2D eigenvalue weighted by atomic mass is 16.3. The Morgan fingerprint density at radius 1 is 1.21 bits per heavy atom. The van der Waals surface area contributed by atoms with E-state index in [4.69, 9.17) is 15.7 Å². The first-order chi connectivity index (χ1) is 14.0. The molecule has 154 valence electrons. The van der Waals surface area contributed by atoms with Crippen LogP contribution < -0.4 is 16.4 Å². The molecule has 29 heavy (non-hydrogen) atoms. The molecule has 2 heterocycles. The van der Waals surface area contributed by atoms with Crippen molar-refractivity contribution in [2.75, 3.05) is 16.4 Å². The quantitative estimate of drug-likeness (QED) is 0.474. The lowest BCUT2D eigenvalue weighted by Crippen LogP contribution is -2.29. The van der Waals surface area contributed by atoms with Crippen molar-refractivity contribution in [1.82, 2.24) is 19.6 Å². The molecule has 0 radical (unpaired) electrons. The number of rotatable bonds is 6. The van der Waals surface area contributed by atoms with E-state index < -0.39 is 0 Å². The number of aromatic nitrogens is 4. The summed E-state index contributed by atoms with van der Waals surface area (Å²) in [5.41, 5.74) is 9.60. The number of nitrogens with two attached hydrogens (primary N) is 1. The number of fused-ring (bicyclic) bond motifs is 1. The van der Waals surface area contributed by atoms with Gasteiger partial charge >= 0.3 is 0 Å². The first-order valence-corrected chi connectivity index (χ1v) is 10.3. The van der Waals surface area contributed by atoms with Crippen LogP contribution in [-0.4, -0.2) is 36.8 Å². The number of hydrogen-bond donors (Lipinski definition) is 4. The van der Waals surface area contributed by atoms with Crippen molar-refractivity contribution in [2.45, 2.75) is 64.1 Å². The molecule has 0 unspecified atom stereocenters. The Balaban J connectivity index is 1.62. The van der Waals surface area contributed by atoms with Gasteiger partial charge in [-0.2, -0.15) is 19.6 Å². The van der Waals surface area contributed by atoms with Crippen LogP contribution in [-0.2, 0) is 6.54 Å². The third-order valence-corrected chi connectivity index (χ3v) is 5.45. The van der Waals surface area contributed by atoms with Crippen molar-refractivity contribution in [3.8, 4) is 0 Å². The van der Waals surface area contributed by atoms with E-state index in [-0.39, 0.29) is 12.1 Å². The van der Waals surface area contributed by atoms with Gasteiger partial charge in [0.05, 0.1) is 12.3 Å². The van der Waals surface area contributed by atoms with Gasteiger partial charge in [0, 0.05) is 23.8 Å². The Morgan fingerprint density at radius 3 is 2.72 bits per heavy atom. The first-order valence-electron chi connectivity index (χ1n) is 10.3. The van der Waals surface area contributed by atoms with Crippen LogP contribution >= 0.6 is 0 Å². The van der Waals surface area contributed by atoms with E-state index in [0.29, 0.717) is 24.4 Å². The van der Waals surface area contributed by atoms with Crippen molar-refractivity contribution in [3.63, 3.8) is 0 Å². The predicted octanol–water partition coefficient (Wildman–Crippen LogP) is 3.16. The molecule has 4 rings (SSSR count). The topological polar surface area (TPSA) is 113 Å². The zero-order chi connectivity index (χ0) is 20.4. The van der Waals surface area contributed by atoms with Crippen molar-refractivity contribution < 1.29 is 5.11 Å². The molecule has 0 spiro atoms. The van der Waals surface area contributed by atoms with Gasteiger partial charge in [0.25, 0.3) is 0 Å². The maximum absolute atomic E-state index is 9.76. The van der Waals surface area contributed by atoms with E-state index in [2.05, 4.69) is 29.6 Å². The van der Waals surface area contributed by atoms with Gasteiger partial charge in [-0.1, -0.05) is 26.0 Å². The van der Waals surface area contributed by atoms with Gasteiger partial charge in [0.2, 0.25) is 11.9 Å². The minimum absolute atomic E-state index is 0.186. The molecule has 1 aliphatic carbocycles. The fourth-order valence-electron chi connectivity index (χ4n) is 3.77. The Kier molecular flexibility index (Phi) is 5.53. The van der Waals surface area contributed by atoms with Crippen LogP contribution in [0.15, 0.2) is 30.5 Å². The maximum Gasteiger partial charge on any atom is 0.229 e. The Morgan fingerprint density at radius 2 is 2.00 bits per heavy atom. The van der Waals surface area contributed by atoms with E-state index in [1.54, 1.807) is 4.52 Å². The monoisotopic (exact) mass is 395 g/mol. The lowest BCUT2D eigenvalue weighted by molar-refractivity contribution is 0.126. The molecule has 8 nitrogen and oxygen atoms in total. The summed E-state index contributed by atoms with van der Waals surface area (Å²) >= 11 is 0. The lowest BCUT2D eigenvalue weighted by atomic mass is 9.93. The van der Waals surface area contributed by atoms with Crippen molar-refractivity contribution in [2.24, 2.45) is 0 Å². The number of benzene rings is 1. The SMILES string of the molecule is CC(C)c1cnn2c(NCc3cccc(N)c3)nc(N[C@H]3CC[C@H](O)CC3)nc12. The summed E-state index contributed by atoms with van der Waals surface area (Å²) in [4.78, 5) is 9.45. The summed E-state index contributed by atoms with van der Waals surface area (Å²) in [7, 11) is 0. The maximum atomic E-state index is 9.76. The van der Waals surface area contributed by atoms with Gasteiger partial charge in [-0.25, -0.2) is 0 Å². The van der Waals surface area contributed by atoms with Gasteiger partial charge in [-0.05, 0) is 49.3 Å². The predicted molar refractivity (Wildman–Crippen MR) is 115 cm³/mol. The average molecular weight is 396 g/mol. The number of aliphatic hydroxyl groups is 1. The van der Waals surface area contributed by atoms with Crippen molar-refractivity contribution in [3.05, 3.63) is 41.6 Å². The highest BCUT2D eigenvalue weighted by Gasteiger charge is 2.21. The van der Waals surface area contributed by atoms with Crippen LogP contribution in [0.4, 0.5) is 17.6 Å². The Labute approximate surface area is 170 Å². The third-order valence-electron chi connectivity index (χ3n) is 5.45. The molecule has 1 fully saturated rings. The molecule has 0 aliphatic heterocycles. The molecule has 2 aromatic heterocycles. The molecule has 5 N–H and O–H groups in total. The smallest absolute Gasteiger partial charge is 0.229 e. The number of nitrogens with zero attached hydrogens (tertiary/aromatic N) is 4. The fourth-order valence-corrected chi connectivity index (χ4v) is 3.77. The highest BCUT2D eigenvalue weighted by molar-refractivity contribution is 5.56. The van der Waals surface area contributed by atoms with Crippen LogP contribution in [0.3, 0.4) is 0 Å². The molecule has 0 atom stereocenters. The summed E-state index contributed by atoms with van der Waals surface area (Å²) in [6.45, 7) is 4.85. The van der Waals surface area contributed by atoms with E-state index in [1.807, 2.05) is 30.5 Å². The molecule has 1 aliphatic rings. The molecule has 0 amide bonds. The molecular formula is C21H29N7O. The van der Waals surface area contributed by atoms with Crippen LogP contribution in [0, 0.1) is 0 Å². The molecule has 0 saturated heterocycles. The van der Waals surface area contributed by atoms with Crippen LogP contribution in [0.2, 0.25) is 0 Å². The lowest BCUT2D eigenvalue weighted by Gasteiger charge is -2.26. The second-order valence-corrected chi connectivity index (χ2v) is 8.11. The number of hydrogen-bond acceptors (Lipinski definition) is 7. The zero-order valence-electron chi connectivity index (χ0n) is 17.0. The second-order valence-electron chi connectivity index (χ2n) is 8.11. The van der Waals surface area contributed by atoms with Crippen molar-refractivity contribution >= 4 is 23.2 Å². The normalized spacial score (nSPS) is 19.6. The summed E-state index contributed by atoms with van der Waals surface area (Å²) in [5, 5.41) is 21.1. The van der Waals surface area contributed by atoms with E-state index >= 15 is 0 Å². The third kappa shape index (κ3) is 4.42. The molecule has 1 saturated carbocycles. The number of nitrogens with one attached hydrogen (secondary N) is 2. The van der Waals surface area contributed by atoms with E-state index in [0.717, 1.165) is 48.1 Å². The van der Waals surface area contributed by atoms with Gasteiger partial charge in [-0.3, -0.25) is 0 Å². The largest absolute Gasteiger partial charge is 0.399 e. The van der Waals surface area contributed by atoms with Crippen molar-refractivity contribution in [1.29, 1.82) is 0 Å². The minimum atomic E-state index is -0.186. The Hall–Kier alpha value is -2.87. The molecule has 0 bridgehead atoms. The van der Waals surface area contributed by atoms with Crippen LogP contribution in [0.1, 0.15) is 56.6 Å². The minimum Gasteiger partial charge on any atom is -0.399 e. The van der Waals surface area contributed by atoms with Gasteiger partial charge in [0.15, 0.2) is 5.65 Å². The average Bonchev–Trinajstić information content (AvgIpc) is 3.12. The van der Waals surface area contributed by atoms with E-state index in [1.165, 1.54) is 0 Å². The highest BCUT2D eigenvalue weighted by Crippen LogP contribution is 2.25. The molecule has 1 aromatic carbocycles. The molecule has 3 aromatic rings. The number of nitrogen functional groups attached to an aromatic ring is 1. The van der Waals surface area contributed by atoms with E-state index in [9.17, 15) is 5.11 Å². The summed E-state index contributed by atoms with van der Waals surface area (Å²) in [6, 6.07) is 8.06. The Bertz CT molecular complexity index is 976. The van der Waals surface area contributed by atoms with Crippen LogP contribution in [0.5, 0.6) is 0 Å². The number of aliphatic hydroxyl groups excluding tert-OH is 1. The summed E-state index contributed by atoms with van der Waals surface area (Å²) in [6.07, 6.45) is 5.13. The van der Waals surface area contributed by atoms with Gasteiger partial charge in [-0.15, -0.1) is 0 Å². The number of anilines is 3. The fraction of sp³-hybridized carbons (Fsp3) is 0.476. The molecular weight excluding hydrogens is 366 g/mol. The van der Waals surface area contributed by atoms with Crippen LogP contribution in [0.25, 0.3) is 5.65 Å². The first kappa shape index (κ1) is 19.4. The summed E-state index contributed by atoms with van der Waals surface area (Å²) < 4.78 is 1.76. The van der Waals surface area contributed by atoms with Gasteiger partial charge in [0.1, 0.15) is 0 Å². The second kappa shape index (κ2) is 8.24. The summed E-state index contributed by atoms with van der Waals surface area (Å²) in [5.74, 6) is 1.54. The molecule has 8 heteroatoms.